The molecule has 0 atom stereocenters. The Labute approximate surface area is 190 Å². The van der Waals surface area contributed by atoms with E-state index >= 15 is 0 Å². The van der Waals surface area contributed by atoms with Gasteiger partial charge in [-0.15, -0.1) is 0 Å². The number of fused-ring (bicyclic) bond motifs is 2. The van der Waals surface area contributed by atoms with Crippen molar-refractivity contribution in [3.05, 3.63) is 58.4 Å². The standard InChI is InChI=1S/C25H27N5O3/c1-33-13-12-27-24(31)15-10-11-20-17(14-15)21(26)23(30(20)16-6-2-3-7-16)22-25(32)29-19-9-5-4-8-18(19)28-22/h4-5,8-11,14,16H,2-3,6-7,12-13,26H2,1H3,(H,27,31)(H,29,32). The van der Waals surface area contributed by atoms with Crippen LogP contribution < -0.4 is 16.6 Å². The van der Waals surface area contributed by atoms with Gasteiger partial charge in [-0.25, -0.2) is 4.98 Å². The van der Waals surface area contributed by atoms with Crippen LogP contribution in [-0.2, 0) is 4.74 Å². The summed E-state index contributed by atoms with van der Waals surface area (Å²) in [6, 6.07) is 13.2. The Bertz CT molecular complexity index is 1400. The predicted molar refractivity (Wildman–Crippen MR) is 129 cm³/mol. The summed E-state index contributed by atoms with van der Waals surface area (Å²) in [5.74, 6) is -0.190. The number of methoxy groups -OCH3 is 1. The van der Waals surface area contributed by atoms with Gasteiger partial charge in [0.1, 0.15) is 0 Å². The zero-order valence-corrected chi connectivity index (χ0v) is 18.6. The topological polar surface area (TPSA) is 115 Å². The number of aromatic nitrogens is 3. The van der Waals surface area contributed by atoms with Gasteiger partial charge < -0.3 is 25.3 Å². The number of nitrogens with zero attached hydrogens (tertiary/aromatic N) is 2. The number of hydrogen-bond acceptors (Lipinski definition) is 5. The van der Waals surface area contributed by atoms with Gasteiger partial charge in [0.05, 0.1) is 34.5 Å². The van der Waals surface area contributed by atoms with Gasteiger partial charge in [0.15, 0.2) is 5.69 Å². The van der Waals surface area contributed by atoms with Crippen molar-refractivity contribution in [1.82, 2.24) is 19.9 Å². The fourth-order valence-electron chi connectivity index (χ4n) is 4.82. The maximum Gasteiger partial charge on any atom is 0.276 e. The monoisotopic (exact) mass is 445 g/mol. The van der Waals surface area contributed by atoms with Crippen molar-refractivity contribution in [3.63, 3.8) is 0 Å². The fraction of sp³-hybridized carbons (Fsp3) is 0.320. The lowest BCUT2D eigenvalue weighted by Gasteiger charge is -2.18. The van der Waals surface area contributed by atoms with Gasteiger partial charge in [0, 0.05) is 30.6 Å². The van der Waals surface area contributed by atoms with Crippen molar-refractivity contribution < 1.29 is 9.53 Å². The van der Waals surface area contributed by atoms with Crippen molar-refractivity contribution in [1.29, 1.82) is 0 Å². The minimum absolute atomic E-state index is 0.190. The SMILES string of the molecule is COCCNC(=O)c1ccc2c(c1)c(N)c(-c1nc3ccccc3[nH]c1=O)n2C1CCCC1. The van der Waals surface area contributed by atoms with E-state index in [0.717, 1.165) is 36.6 Å². The van der Waals surface area contributed by atoms with Crippen LogP contribution in [0, 0.1) is 0 Å². The van der Waals surface area contributed by atoms with Gasteiger partial charge >= 0.3 is 0 Å². The second-order valence-electron chi connectivity index (χ2n) is 8.48. The molecule has 5 rings (SSSR count). The Morgan fingerprint density at radius 2 is 2.03 bits per heavy atom. The fourth-order valence-corrected chi connectivity index (χ4v) is 4.82. The Morgan fingerprint density at radius 3 is 2.82 bits per heavy atom. The molecule has 1 aliphatic rings. The third-order valence-corrected chi connectivity index (χ3v) is 6.41. The van der Waals surface area contributed by atoms with Crippen LogP contribution in [0.5, 0.6) is 0 Å². The number of nitrogens with one attached hydrogen (secondary N) is 2. The molecule has 1 aliphatic carbocycles. The second-order valence-corrected chi connectivity index (χ2v) is 8.48. The Morgan fingerprint density at radius 1 is 1.24 bits per heavy atom. The predicted octanol–water partition coefficient (Wildman–Crippen LogP) is 3.62. The third kappa shape index (κ3) is 3.76. The van der Waals surface area contributed by atoms with Gasteiger partial charge in [0.25, 0.3) is 11.5 Å². The Balaban J connectivity index is 1.70. The maximum atomic E-state index is 13.1. The van der Waals surface area contributed by atoms with Crippen LogP contribution in [0.1, 0.15) is 42.1 Å². The molecular weight excluding hydrogens is 418 g/mol. The molecule has 1 fully saturated rings. The highest BCUT2D eigenvalue weighted by Crippen LogP contribution is 2.42. The zero-order chi connectivity index (χ0) is 22.9. The summed E-state index contributed by atoms with van der Waals surface area (Å²) in [5, 5.41) is 3.60. The molecule has 4 N–H and O–H groups in total. The molecule has 0 saturated heterocycles. The number of H-pyrrole nitrogens is 1. The molecule has 0 spiro atoms. The maximum absolute atomic E-state index is 13.1. The number of amides is 1. The molecule has 2 aromatic heterocycles. The number of carbonyl (C=O) groups is 1. The van der Waals surface area contributed by atoms with Crippen LogP contribution in [0.25, 0.3) is 33.3 Å². The van der Waals surface area contributed by atoms with Crippen LogP contribution >= 0.6 is 0 Å². The van der Waals surface area contributed by atoms with E-state index < -0.39 is 0 Å². The third-order valence-electron chi connectivity index (χ3n) is 6.41. The number of hydrogen-bond donors (Lipinski definition) is 3. The smallest absolute Gasteiger partial charge is 0.276 e. The summed E-state index contributed by atoms with van der Waals surface area (Å²) in [6.07, 6.45) is 4.29. The molecule has 8 heteroatoms. The number of carbonyl (C=O) groups excluding carboxylic acids is 1. The molecular formula is C25H27N5O3. The quantitative estimate of drug-likeness (QED) is 0.392. The molecule has 0 radical (unpaired) electrons. The van der Waals surface area contributed by atoms with E-state index in [2.05, 4.69) is 14.9 Å². The number of ether oxygens (including phenoxy) is 1. The number of rotatable bonds is 6. The molecule has 2 heterocycles. The van der Waals surface area contributed by atoms with E-state index in [1.165, 1.54) is 0 Å². The van der Waals surface area contributed by atoms with Crippen molar-refractivity contribution >= 4 is 33.5 Å². The molecule has 0 unspecified atom stereocenters. The molecule has 170 valence electrons. The molecule has 0 bridgehead atoms. The van der Waals surface area contributed by atoms with Crippen LogP contribution in [0.4, 0.5) is 5.69 Å². The van der Waals surface area contributed by atoms with Crippen LogP contribution in [0.2, 0.25) is 0 Å². The highest BCUT2D eigenvalue weighted by molar-refractivity contribution is 6.05. The molecule has 8 nitrogen and oxygen atoms in total. The summed E-state index contributed by atoms with van der Waals surface area (Å²) in [6.45, 7) is 0.863. The molecule has 1 amide bonds. The van der Waals surface area contributed by atoms with E-state index in [-0.39, 0.29) is 17.5 Å². The van der Waals surface area contributed by atoms with Gasteiger partial charge in [-0.3, -0.25) is 9.59 Å². The average Bonchev–Trinajstić information content (AvgIpc) is 3.45. The van der Waals surface area contributed by atoms with Gasteiger partial charge in [0.2, 0.25) is 0 Å². The number of anilines is 1. The zero-order valence-electron chi connectivity index (χ0n) is 18.6. The first-order valence-corrected chi connectivity index (χ1v) is 11.3. The van der Waals surface area contributed by atoms with E-state index in [9.17, 15) is 9.59 Å². The van der Waals surface area contributed by atoms with E-state index in [0.29, 0.717) is 46.8 Å². The van der Waals surface area contributed by atoms with Crippen molar-refractivity contribution in [2.75, 3.05) is 26.0 Å². The van der Waals surface area contributed by atoms with Gasteiger partial charge in [-0.2, -0.15) is 0 Å². The van der Waals surface area contributed by atoms with Crippen molar-refractivity contribution in [3.8, 4) is 11.4 Å². The van der Waals surface area contributed by atoms with E-state index in [4.69, 9.17) is 15.5 Å². The highest BCUT2D eigenvalue weighted by atomic mass is 16.5. The normalized spacial score (nSPS) is 14.3. The number of nitrogen functional groups attached to an aromatic ring is 1. The van der Waals surface area contributed by atoms with Crippen LogP contribution in [0.3, 0.4) is 0 Å². The second kappa shape index (κ2) is 8.71. The largest absolute Gasteiger partial charge is 0.396 e. The molecule has 2 aromatic carbocycles. The molecule has 33 heavy (non-hydrogen) atoms. The molecule has 0 aliphatic heterocycles. The number of benzene rings is 2. The number of aromatic amines is 1. The van der Waals surface area contributed by atoms with E-state index in [1.807, 2.05) is 30.3 Å². The lowest BCUT2D eigenvalue weighted by molar-refractivity contribution is 0.0937. The van der Waals surface area contributed by atoms with Crippen molar-refractivity contribution in [2.24, 2.45) is 0 Å². The number of nitrogens with two attached hydrogens (primary N) is 1. The first-order chi connectivity index (χ1) is 16.1. The lowest BCUT2D eigenvalue weighted by Crippen LogP contribution is -2.26. The van der Waals surface area contributed by atoms with Crippen LogP contribution in [0.15, 0.2) is 47.3 Å². The molecule has 4 aromatic rings. The lowest BCUT2D eigenvalue weighted by atomic mass is 10.1. The summed E-state index contributed by atoms with van der Waals surface area (Å²) in [4.78, 5) is 33.3. The van der Waals surface area contributed by atoms with Gasteiger partial charge in [-0.1, -0.05) is 25.0 Å². The first-order valence-electron chi connectivity index (χ1n) is 11.3. The number of para-hydroxylation sites is 2. The average molecular weight is 446 g/mol. The summed E-state index contributed by atoms with van der Waals surface area (Å²) in [7, 11) is 1.59. The van der Waals surface area contributed by atoms with Gasteiger partial charge in [-0.05, 0) is 43.2 Å². The minimum atomic E-state index is -0.278. The van der Waals surface area contributed by atoms with Crippen LogP contribution in [-0.4, -0.2) is 40.7 Å². The Hall–Kier alpha value is -3.65. The summed E-state index contributed by atoms with van der Waals surface area (Å²) in [5.41, 5.74) is 10.6. The first kappa shape index (κ1) is 21.2. The summed E-state index contributed by atoms with van der Waals surface area (Å²) >= 11 is 0. The van der Waals surface area contributed by atoms with Crippen molar-refractivity contribution in [2.45, 2.75) is 31.7 Å². The van der Waals surface area contributed by atoms with E-state index in [1.54, 1.807) is 19.2 Å². The molecule has 1 saturated carbocycles. The Kier molecular flexibility index (Phi) is 5.60. The summed E-state index contributed by atoms with van der Waals surface area (Å²) < 4.78 is 7.17. The highest BCUT2D eigenvalue weighted by Gasteiger charge is 2.27. The minimum Gasteiger partial charge on any atom is -0.396 e.